The van der Waals surface area contributed by atoms with Crippen LogP contribution in [0.25, 0.3) is 10.8 Å². The van der Waals surface area contributed by atoms with Crippen LogP contribution in [0.5, 0.6) is 11.5 Å². The minimum absolute atomic E-state index is 0.0965. The van der Waals surface area contributed by atoms with Crippen LogP contribution in [0.2, 0.25) is 0 Å². The summed E-state index contributed by atoms with van der Waals surface area (Å²) in [4.78, 5) is 11.5. The van der Waals surface area contributed by atoms with Gasteiger partial charge in [0.2, 0.25) is 0 Å². The summed E-state index contributed by atoms with van der Waals surface area (Å²) in [5, 5.41) is 1.89. The van der Waals surface area contributed by atoms with E-state index in [0.29, 0.717) is 17.9 Å². The molecule has 0 N–H and O–H groups in total. The van der Waals surface area contributed by atoms with Gasteiger partial charge in [0.1, 0.15) is 5.78 Å². The van der Waals surface area contributed by atoms with Gasteiger partial charge in [-0.2, -0.15) is 0 Å². The molecule has 0 atom stereocenters. The molecule has 0 aliphatic carbocycles. The summed E-state index contributed by atoms with van der Waals surface area (Å²) >= 11 is 7.00. The van der Waals surface area contributed by atoms with Crippen LogP contribution in [-0.4, -0.2) is 20.0 Å². The van der Waals surface area contributed by atoms with Crippen LogP contribution in [0, 0.1) is 0 Å². The summed E-state index contributed by atoms with van der Waals surface area (Å²) in [6, 6.07) is 5.88. The molecule has 3 nitrogen and oxygen atoms in total. The number of ether oxygens (including phenoxy) is 2. The number of ketones is 1. The number of rotatable bonds is 4. The summed E-state index contributed by atoms with van der Waals surface area (Å²) in [6.07, 6.45) is 0.341. The van der Waals surface area contributed by atoms with Crippen molar-refractivity contribution in [1.82, 2.24) is 0 Å². The van der Waals surface area contributed by atoms with Gasteiger partial charge in [-0.1, -0.05) is 15.9 Å². The predicted octanol–water partition coefficient (Wildman–Crippen LogP) is 4.51. The SMILES string of the molecule is COc1c(Br)c(CC(C)=O)c2cc(Br)ccc2c1OC. The Morgan fingerprint density at radius 3 is 2.30 bits per heavy atom. The second-order valence-electron chi connectivity index (χ2n) is 4.43. The molecular formula is C15H14Br2O3. The minimum atomic E-state index is 0.0965. The van der Waals surface area contributed by atoms with E-state index in [-0.39, 0.29) is 5.78 Å². The zero-order valence-corrected chi connectivity index (χ0v) is 14.6. The highest BCUT2D eigenvalue weighted by molar-refractivity contribution is 9.11. The number of Topliss-reactive ketones (excluding diaryl/α,β-unsaturated/α-hetero) is 1. The van der Waals surface area contributed by atoms with Gasteiger partial charge < -0.3 is 9.47 Å². The van der Waals surface area contributed by atoms with Crippen LogP contribution in [-0.2, 0) is 11.2 Å². The van der Waals surface area contributed by atoms with E-state index in [1.54, 1.807) is 21.1 Å². The monoisotopic (exact) mass is 400 g/mol. The number of halogens is 2. The third-order valence-electron chi connectivity index (χ3n) is 3.06. The van der Waals surface area contributed by atoms with E-state index in [0.717, 1.165) is 25.3 Å². The molecule has 2 aromatic carbocycles. The molecule has 0 heterocycles. The average molecular weight is 402 g/mol. The molecule has 0 spiro atoms. The molecule has 0 unspecified atom stereocenters. The number of fused-ring (bicyclic) bond motifs is 1. The van der Waals surface area contributed by atoms with Crippen LogP contribution < -0.4 is 9.47 Å². The van der Waals surface area contributed by atoms with E-state index < -0.39 is 0 Å². The molecular weight excluding hydrogens is 388 g/mol. The lowest BCUT2D eigenvalue weighted by Gasteiger charge is -2.17. The van der Waals surface area contributed by atoms with Crippen LogP contribution in [0.1, 0.15) is 12.5 Å². The van der Waals surface area contributed by atoms with Crippen molar-refractivity contribution in [2.24, 2.45) is 0 Å². The number of carbonyl (C=O) groups is 1. The van der Waals surface area contributed by atoms with Crippen LogP contribution in [0.4, 0.5) is 0 Å². The van der Waals surface area contributed by atoms with E-state index >= 15 is 0 Å². The van der Waals surface area contributed by atoms with E-state index in [2.05, 4.69) is 31.9 Å². The molecule has 2 aromatic rings. The maximum atomic E-state index is 11.5. The summed E-state index contributed by atoms with van der Waals surface area (Å²) < 4.78 is 12.6. The van der Waals surface area contributed by atoms with Gasteiger partial charge in [-0.15, -0.1) is 0 Å². The molecule has 20 heavy (non-hydrogen) atoms. The lowest BCUT2D eigenvalue weighted by molar-refractivity contribution is -0.116. The van der Waals surface area contributed by atoms with Crippen molar-refractivity contribution in [2.75, 3.05) is 14.2 Å². The summed E-state index contributed by atoms with van der Waals surface area (Å²) in [5.74, 6) is 1.37. The average Bonchev–Trinajstić information content (AvgIpc) is 2.41. The first-order valence-electron chi connectivity index (χ1n) is 6.00. The van der Waals surface area contributed by atoms with Crippen molar-refractivity contribution in [3.8, 4) is 11.5 Å². The summed E-state index contributed by atoms with van der Waals surface area (Å²) in [7, 11) is 3.20. The molecule has 0 fully saturated rings. The molecule has 0 aliphatic heterocycles. The van der Waals surface area contributed by atoms with Gasteiger partial charge in [0.05, 0.1) is 18.7 Å². The fourth-order valence-corrected chi connectivity index (χ4v) is 3.30. The van der Waals surface area contributed by atoms with Gasteiger partial charge in [-0.25, -0.2) is 0 Å². The van der Waals surface area contributed by atoms with E-state index in [4.69, 9.17) is 9.47 Å². The van der Waals surface area contributed by atoms with Crippen molar-refractivity contribution >= 4 is 48.4 Å². The van der Waals surface area contributed by atoms with Crippen LogP contribution in [0.3, 0.4) is 0 Å². The number of methoxy groups -OCH3 is 2. The minimum Gasteiger partial charge on any atom is -0.492 e. The Labute approximate surface area is 134 Å². The Morgan fingerprint density at radius 1 is 1.10 bits per heavy atom. The van der Waals surface area contributed by atoms with Gasteiger partial charge in [-0.05, 0) is 52.0 Å². The first-order valence-corrected chi connectivity index (χ1v) is 7.59. The maximum Gasteiger partial charge on any atom is 0.175 e. The number of carbonyl (C=O) groups excluding carboxylic acids is 1. The van der Waals surface area contributed by atoms with Crippen molar-refractivity contribution in [1.29, 1.82) is 0 Å². The third kappa shape index (κ3) is 2.69. The molecule has 0 aromatic heterocycles. The fourth-order valence-electron chi connectivity index (χ4n) is 2.25. The zero-order valence-electron chi connectivity index (χ0n) is 11.4. The molecule has 0 saturated carbocycles. The van der Waals surface area contributed by atoms with Crippen molar-refractivity contribution < 1.29 is 14.3 Å². The van der Waals surface area contributed by atoms with Crippen molar-refractivity contribution in [2.45, 2.75) is 13.3 Å². The molecule has 0 saturated heterocycles. The number of hydrogen-bond donors (Lipinski definition) is 0. The lowest BCUT2D eigenvalue weighted by Crippen LogP contribution is -2.02. The fraction of sp³-hybridized carbons (Fsp3) is 0.267. The Kier molecular flexibility index (Phi) is 4.70. The van der Waals surface area contributed by atoms with Gasteiger partial charge in [0.15, 0.2) is 11.5 Å². The van der Waals surface area contributed by atoms with Gasteiger partial charge in [-0.3, -0.25) is 4.79 Å². The second kappa shape index (κ2) is 6.14. The second-order valence-corrected chi connectivity index (χ2v) is 6.14. The highest BCUT2D eigenvalue weighted by atomic mass is 79.9. The topological polar surface area (TPSA) is 35.5 Å². The summed E-state index contributed by atoms with van der Waals surface area (Å²) in [6.45, 7) is 1.58. The van der Waals surface area contributed by atoms with E-state index in [1.807, 2.05) is 18.2 Å². The highest BCUT2D eigenvalue weighted by Crippen LogP contribution is 2.45. The zero-order chi connectivity index (χ0) is 14.9. The maximum absolute atomic E-state index is 11.5. The lowest BCUT2D eigenvalue weighted by atomic mass is 9.99. The quantitative estimate of drug-likeness (QED) is 0.755. The van der Waals surface area contributed by atoms with Gasteiger partial charge >= 0.3 is 0 Å². The highest BCUT2D eigenvalue weighted by Gasteiger charge is 2.20. The van der Waals surface area contributed by atoms with Crippen LogP contribution in [0.15, 0.2) is 27.1 Å². The molecule has 106 valence electrons. The molecule has 5 heteroatoms. The van der Waals surface area contributed by atoms with Crippen molar-refractivity contribution in [3.63, 3.8) is 0 Å². The molecule has 0 aliphatic rings. The number of hydrogen-bond acceptors (Lipinski definition) is 3. The Hall–Kier alpha value is -1.07. The van der Waals surface area contributed by atoms with E-state index in [1.165, 1.54) is 0 Å². The molecule has 0 bridgehead atoms. The van der Waals surface area contributed by atoms with E-state index in [9.17, 15) is 4.79 Å². The third-order valence-corrected chi connectivity index (χ3v) is 4.39. The predicted molar refractivity (Wildman–Crippen MR) is 86.8 cm³/mol. The normalized spacial score (nSPS) is 10.7. The first-order chi connectivity index (χ1) is 9.49. The number of benzene rings is 2. The molecule has 2 rings (SSSR count). The summed E-state index contributed by atoms with van der Waals surface area (Å²) in [5.41, 5.74) is 0.909. The molecule has 0 radical (unpaired) electrons. The van der Waals surface area contributed by atoms with Crippen LogP contribution >= 0.6 is 31.9 Å². The van der Waals surface area contributed by atoms with Gasteiger partial charge in [0.25, 0.3) is 0 Å². The Bertz CT molecular complexity index is 681. The Morgan fingerprint density at radius 2 is 1.75 bits per heavy atom. The molecule has 0 amide bonds. The Balaban J connectivity index is 2.91. The first kappa shape index (κ1) is 15.3. The van der Waals surface area contributed by atoms with Gasteiger partial charge in [0, 0.05) is 16.3 Å². The standard InChI is InChI=1S/C15H14Br2O3/c1-8(18)6-12-11-7-9(16)4-5-10(11)14(19-2)15(20-3)13(12)17/h4-5,7H,6H2,1-3H3. The largest absolute Gasteiger partial charge is 0.492 e. The van der Waals surface area contributed by atoms with Crippen molar-refractivity contribution in [3.05, 3.63) is 32.7 Å². The smallest absolute Gasteiger partial charge is 0.175 e.